The molecule has 0 radical (unpaired) electrons. The number of benzene rings is 2. The second-order valence-electron chi connectivity index (χ2n) is 7.00. The molecule has 6 nitrogen and oxygen atoms in total. The van der Waals surface area contributed by atoms with Crippen LogP contribution in [0.4, 0.5) is 0 Å². The Kier molecular flexibility index (Phi) is 6.59. The Morgan fingerprint density at radius 3 is 2.87 bits per heavy atom. The Morgan fingerprint density at radius 1 is 1.27 bits per heavy atom. The van der Waals surface area contributed by atoms with Crippen LogP contribution in [0.5, 0.6) is 5.75 Å². The molecule has 1 atom stereocenters. The van der Waals surface area contributed by atoms with Crippen molar-refractivity contribution in [1.82, 2.24) is 19.7 Å². The first kappa shape index (κ1) is 20.8. The van der Waals surface area contributed by atoms with E-state index < -0.39 is 0 Å². The smallest absolute Gasteiger partial charge is 0.233 e. The number of ether oxygens (including phenoxy) is 1. The number of halogens is 1. The van der Waals surface area contributed by atoms with Crippen LogP contribution in [-0.4, -0.2) is 44.5 Å². The summed E-state index contributed by atoms with van der Waals surface area (Å²) in [5.74, 6) is 1.28. The average molecular weight is 443 g/mol. The van der Waals surface area contributed by atoms with Gasteiger partial charge in [0.15, 0.2) is 5.16 Å². The van der Waals surface area contributed by atoms with Crippen molar-refractivity contribution in [3.63, 3.8) is 0 Å². The molecule has 1 aromatic heterocycles. The zero-order valence-corrected chi connectivity index (χ0v) is 18.3. The Morgan fingerprint density at radius 2 is 2.10 bits per heavy atom. The SMILES string of the molecule is CCOc1ccc(C2CCCN2C(=O)CSc2nncn2-c2cccc(Cl)c2)cc1. The van der Waals surface area contributed by atoms with Gasteiger partial charge >= 0.3 is 0 Å². The molecule has 1 amide bonds. The summed E-state index contributed by atoms with van der Waals surface area (Å²) in [5.41, 5.74) is 2.02. The maximum Gasteiger partial charge on any atom is 0.233 e. The van der Waals surface area contributed by atoms with Gasteiger partial charge in [-0.2, -0.15) is 0 Å². The minimum Gasteiger partial charge on any atom is -0.494 e. The van der Waals surface area contributed by atoms with E-state index in [4.69, 9.17) is 16.3 Å². The lowest BCUT2D eigenvalue weighted by molar-refractivity contribution is -0.129. The van der Waals surface area contributed by atoms with Crippen molar-refractivity contribution in [3.05, 3.63) is 65.4 Å². The number of carbonyl (C=O) groups excluding carboxylic acids is 1. The molecule has 0 bridgehead atoms. The van der Waals surface area contributed by atoms with Gasteiger partial charge in [-0.3, -0.25) is 9.36 Å². The molecule has 0 N–H and O–H groups in total. The van der Waals surface area contributed by atoms with Crippen molar-refractivity contribution < 1.29 is 9.53 Å². The van der Waals surface area contributed by atoms with E-state index in [-0.39, 0.29) is 11.9 Å². The molecular formula is C22H23ClN4O2S. The molecule has 1 aliphatic rings. The second kappa shape index (κ2) is 9.53. The first-order chi connectivity index (χ1) is 14.7. The quantitative estimate of drug-likeness (QED) is 0.493. The molecule has 2 heterocycles. The monoisotopic (exact) mass is 442 g/mol. The minimum absolute atomic E-state index is 0.108. The zero-order valence-electron chi connectivity index (χ0n) is 16.7. The number of likely N-dealkylation sites (tertiary alicyclic amines) is 1. The number of carbonyl (C=O) groups is 1. The van der Waals surface area contributed by atoms with Gasteiger partial charge in [0, 0.05) is 11.6 Å². The van der Waals surface area contributed by atoms with Crippen molar-refractivity contribution in [3.8, 4) is 11.4 Å². The van der Waals surface area contributed by atoms with Crippen LogP contribution in [0.25, 0.3) is 5.69 Å². The first-order valence-corrected chi connectivity index (χ1v) is 11.3. The first-order valence-electron chi connectivity index (χ1n) is 9.96. The predicted octanol–water partition coefficient (Wildman–Crippen LogP) is 4.78. The molecule has 0 spiro atoms. The Labute approximate surface area is 185 Å². The number of amides is 1. The van der Waals surface area contributed by atoms with Gasteiger partial charge in [0.25, 0.3) is 0 Å². The highest BCUT2D eigenvalue weighted by Crippen LogP contribution is 2.33. The molecule has 30 heavy (non-hydrogen) atoms. The number of rotatable bonds is 7. The van der Waals surface area contributed by atoms with Gasteiger partial charge in [0.2, 0.25) is 5.91 Å². The largest absolute Gasteiger partial charge is 0.494 e. The normalized spacial score (nSPS) is 16.1. The van der Waals surface area contributed by atoms with Crippen LogP contribution in [0.1, 0.15) is 31.4 Å². The Hall–Kier alpha value is -2.51. The van der Waals surface area contributed by atoms with E-state index >= 15 is 0 Å². The fourth-order valence-corrected chi connectivity index (χ4v) is 4.70. The van der Waals surface area contributed by atoms with E-state index in [9.17, 15) is 4.79 Å². The van der Waals surface area contributed by atoms with Crippen LogP contribution in [0, 0.1) is 0 Å². The fourth-order valence-electron chi connectivity index (χ4n) is 3.70. The lowest BCUT2D eigenvalue weighted by atomic mass is 10.0. The molecule has 1 fully saturated rings. The van der Waals surface area contributed by atoms with E-state index in [0.717, 1.165) is 36.4 Å². The number of hydrogen-bond acceptors (Lipinski definition) is 5. The van der Waals surface area contributed by atoms with Gasteiger partial charge in [-0.25, -0.2) is 0 Å². The van der Waals surface area contributed by atoms with Gasteiger partial charge in [0.1, 0.15) is 12.1 Å². The summed E-state index contributed by atoms with van der Waals surface area (Å²) in [6.07, 6.45) is 3.62. The highest BCUT2D eigenvalue weighted by molar-refractivity contribution is 7.99. The molecule has 3 aromatic rings. The summed E-state index contributed by atoms with van der Waals surface area (Å²) in [7, 11) is 0. The molecule has 156 valence electrons. The van der Waals surface area contributed by atoms with E-state index in [0.29, 0.717) is 22.5 Å². The van der Waals surface area contributed by atoms with Crippen molar-refractivity contribution in [2.75, 3.05) is 18.9 Å². The highest BCUT2D eigenvalue weighted by Gasteiger charge is 2.30. The average Bonchev–Trinajstić information content (AvgIpc) is 3.42. The van der Waals surface area contributed by atoms with Gasteiger partial charge in [-0.15, -0.1) is 10.2 Å². The molecule has 0 aliphatic carbocycles. The second-order valence-corrected chi connectivity index (χ2v) is 8.38. The van der Waals surface area contributed by atoms with Crippen molar-refractivity contribution >= 4 is 29.3 Å². The lowest BCUT2D eigenvalue weighted by Crippen LogP contribution is -2.32. The number of nitrogens with zero attached hydrogens (tertiary/aromatic N) is 4. The van der Waals surface area contributed by atoms with E-state index in [1.54, 1.807) is 6.33 Å². The van der Waals surface area contributed by atoms with Gasteiger partial charge < -0.3 is 9.64 Å². The molecule has 4 rings (SSSR count). The number of thioether (sulfide) groups is 1. The van der Waals surface area contributed by atoms with Gasteiger partial charge in [0.05, 0.1) is 24.1 Å². The van der Waals surface area contributed by atoms with Crippen LogP contribution >= 0.6 is 23.4 Å². The predicted molar refractivity (Wildman–Crippen MR) is 118 cm³/mol. The van der Waals surface area contributed by atoms with Crippen LogP contribution in [0.2, 0.25) is 5.02 Å². The Balaban J connectivity index is 1.42. The van der Waals surface area contributed by atoms with Crippen LogP contribution in [-0.2, 0) is 4.79 Å². The highest BCUT2D eigenvalue weighted by atomic mass is 35.5. The van der Waals surface area contributed by atoms with Crippen molar-refractivity contribution in [1.29, 1.82) is 0 Å². The molecule has 1 saturated heterocycles. The summed E-state index contributed by atoms with van der Waals surface area (Å²) in [5, 5.41) is 9.49. The topological polar surface area (TPSA) is 60.2 Å². The summed E-state index contributed by atoms with van der Waals surface area (Å²) in [6.45, 7) is 3.39. The summed E-state index contributed by atoms with van der Waals surface area (Å²) in [4.78, 5) is 15.0. The van der Waals surface area contributed by atoms with Crippen LogP contribution in [0.15, 0.2) is 60.0 Å². The van der Waals surface area contributed by atoms with Gasteiger partial charge in [-0.1, -0.05) is 41.6 Å². The molecular weight excluding hydrogens is 420 g/mol. The third-order valence-electron chi connectivity index (χ3n) is 5.08. The van der Waals surface area contributed by atoms with Crippen LogP contribution < -0.4 is 4.74 Å². The summed E-state index contributed by atoms with van der Waals surface area (Å²) < 4.78 is 7.37. The third-order valence-corrected chi connectivity index (χ3v) is 6.24. The maximum absolute atomic E-state index is 13.0. The van der Waals surface area contributed by atoms with Crippen molar-refractivity contribution in [2.45, 2.75) is 31.0 Å². The van der Waals surface area contributed by atoms with Crippen LogP contribution in [0.3, 0.4) is 0 Å². The number of hydrogen-bond donors (Lipinski definition) is 0. The molecule has 2 aromatic carbocycles. The molecule has 1 unspecified atom stereocenters. The molecule has 0 saturated carbocycles. The zero-order chi connectivity index (χ0) is 20.9. The fraction of sp³-hybridized carbons (Fsp3) is 0.318. The van der Waals surface area contributed by atoms with E-state index in [1.807, 2.05) is 52.8 Å². The third kappa shape index (κ3) is 4.63. The number of aromatic nitrogens is 3. The lowest BCUT2D eigenvalue weighted by Gasteiger charge is -2.25. The van der Waals surface area contributed by atoms with Gasteiger partial charge in [-0.05, 0) is 55.7 Å². The molecule has 1 aliphatic heterocycles. The van der Waals surface area contributed by atoms with E-state index in [2.05, 4.69) is 22.3 Å². The minimum atomic E-state index is 0.108. The van der Waals surface area contributed by atoms with Crippen molar-refractivity contribution in [2.24, 2.45) is 0 Å². The summed E-state index contributed by atoms with van der Waals surface area (Å²) >= 11 is 7.49. The molecule has 8 heteroatoms. The Bertz CT molecular complexity index is 1010. The van der Waals surface area contributed by atoms with E-state index in [1.165, 1.54) is 11.8 Å². The standard InChI is InChI=1S/C22H23ClN4O2S/c1-2-29-19-10-8-16(9-11-19)20-7-4-12-26(20)21(28)14-30-22-25-24-15-27(22)18-6-3-5-17(23)13-18/h3,5-6,8-11,13,15,20H,2,4,7,12,14H2,1H3. The maximum atomic E-state index is 13.0. The summed E-state index contributed by atoms with van der Waals surface area (Å²) in [6, 6.07) is 15.7.